The van der Waals surface area contributed by atoms with Crippen molar-refractivity contribution >= 4 is 40.7 Å². The largest absolute Gasteiger partial charge is 0.340 e. The van der Waals surface area contributed by atoms with Crippen molar-refractivity contribution in [1.29, 1.82) is 0 Å². The maximum absolute atomic E-state index is 12.9. The van der Waals surface area contributed by atoms with Gasteiger partial charge in [-0.1, -0.05) is 47.8 Å². The van der Waals surface area contributed by atoms with Crippen LogP contribution >= 0.6 is 34.8 Å². The number of hydrogen-bond acceptors (Lipinski definition) is 3. The van der Waals surface area contributed by atoms with Gasteiger partial charge in [-0.3, -0.25) is 14.4 Å². The summed E-state index contributed by atoms with van der Waals surface area (Å²) in [7, 11) is 0. The van der Waals surface area contributed by atoms with E-state index in [0.29, 0.717) is 41.2 Å². The molecule has 3 rings (SSSR count). The molecule has 1 aliphatic rings. The molecule has 1 aromatic heterocycles. The molecular formula is C20H25Cl3N4O. The first-order valence-electron chi connectivity index (χ1n) is 9.41. The fourth-order valence-corrected chi connectivity index (χ4v) is 4.19. The third-order valence-corrected chi connectivity index (χ3v) is 6.54. The smallest absolute Gasteiger partial charge is 0.227 e. The number of carbonyl (C=O) groups excluding carboxylic acids is 1. The Bertz CT molecular complexity index is 839. The molecule has 1 aromatic carbocycles. The summed E-state index contributed by atoms with van der Waals surface area (Å²) in [5.41, 5.74) is 2.64. The molecule has 1 atom stereocenters. The van der Waals surface area contributed by atoms with Crippen LogP contribution in [0.4, 0.5) is 0 Å². The van der Waals surface area contributed by atoms with Crippen molar-refractivity contribution in [2.45, 2.75) is 33.9 Å². The third-order valence-electron chi connectivity index (χ3n) is 5.29. The van der Waals surface area contributed by atoms with Gasteiger partial charge in [0.05, 0.1) is 28.9 Å². The Morgan fingerprint density at radius 2 is 1.71 bits per heavy atom. The van der Waals surface area contributed by atoms with Gasteiger partial charge < -0.3 is 4.90 Å². The lowest BCUT2D eigenvalue weighted by molar-refractivity contribution is -0.137. The average Bonchev–Trinajstić information content (AvgIpc) is 2.91. The second kappa shape index (κ2) is 9.04. The number of halogens is 3. The fraction of sp³-hybridized carbons (Fsp3) is 0.500. The van der Waals surface area contributed by atoms with Gasteiger partial charge in [0.1, 0.15) is 0 Å². The SMILES string of the molecule is Cc1nn(CC(C)C(=O)N2CCN(Cc3c(Cl)cccc3Cl)CC2)c(C)c1Cl. The van der Waals surface area contributed by atoms with Crippen molar-refractivity contribution in [2.75, 3.05) is 26.2 Å². The fourth-order valence-electron chi connectivity index (χ4n) is 3.54. The van der Waals surface area contributed by atoms with Gasteiger partial charge in [0.2, 0.25) is 5.91 Å². The Morgan fingerprint density at radius 1 is 1.11 bits per heavy atom. The van der Waals surface area contributed by atoms with Crippen LogP contribution in [0.3, 0.4) is 0 Å². The van der Waals surface area contributed by atoms with Gasteiger partial charge in [0.25, 0.3) is 0 Å². The standard InChI is InChI=1S/C20H25Cl3N4O/c1-13(11-27-15(3)19(23)14(2)24-27)20(28)26-9-7-25(8-10-26)12-16-17(21)5-4-6-18(16)22/h4-6,13H,7-12H2,1-3H3. The molecule has 28 heavy (non-hydrogen) atoms. The molecule has 0 saturated carbocycles. The highest BCUT2D eigenvalue weighted by atomic mass is 35.5. The first-order chi connectivity index (χ1) is 13.3. The molecule has 1 aliphatic heterocycles. The molecule has 1 fully saturated rings. The first-order valence-corrected chi connectivity index (χ1v) is 10.5. The highest BCUT2D eigenvalue weighted by Crippen LogP contribution is 2.26. The summed E-state index contributed by atoms with van der Waals surface area (Å²) >= 11 is 18.8. The minimum Gasteiger partial charge on any atom is -0.340 e. The molecule has 0 radical (unpaired) electrons. The summed E-state index contributed by atoms with van der Waals surface area (Å²) in [4.78, 5) is 17.1. The lowest BCUT2D eigenvalue weighted by Crippen LogP contribution is -2.50. The van der Waals surface area contributed by atoms with Gasteiger partial charge in [-0.25, -0.2) is 0 Å². The summed E-state index contributed by atoms with van der Waals surface area (Å²) in [5, 5.41) is 6.47. The number of nitrogens with zero attached hydrogens (tertiary/aromatic N) is 4. The summed E-state index contributed by atoms with van der Waals surface area (Å²) in [6, 6.07) is 5.56. The molecule has 0 spiro atoms. The van der Waals surface area contributed by atoms with Gasteiger partial charge in [-0.05, 0) is 26.0 Å². The molecule has 152 valence electrons. The van der Waals surface area contributed by atoms with E-state index in [1.54, 1.807) is 0 Å². The second-order valence-corrected chi connectivity index (χ2v) is 8.56. The molecule has 8 heteroatoms. The van der Waals surface area contributed by atoms with Crippen molar-refractivity contribution in [3.05, 3.63) is 50.2 Å². The van der Waals surface area contributed by atoms with Crippen molar-refractivity contribution < 1.29 is 4.79 Å². The Morgan fingerprint density at radius 3 is 2.25 bits per heavy atom. The average molecular weight is 444 g/mol. The molecule has 1 unspecified atom stereocenters. The molecule has 0 bridgehead atoms. The summed E-state index contributed by atoms with van der Waals surface area (Å²) in [6.45, 7) is 9.97. The zero-order valence-corrected chi connectivity index (χ0v) is 18.7. The summed E-state index contributed by atoms with van der Waals surface area (Å²) < 4.78 is 1.83. The van der Waals surface area contributed by atoms with Crippen LogP contribution in [0.1, 0.15) is 23.9 Å². The summed E-state index contributed by atoms with van der Waals surface area (Å²) in [6.07, 6.45) is 0. The quantitative estimate of drug-likeness (QED) is 0.686. The second-order valence-electron chi connectivity index (χ2n) is 7.37. The van der Waals surface area contributed by atoms with E-state index >= 15 is 0 Å². The molecule has 5 nitrogen and oxygen atoms in total. The van der Waals surface area contributed by atoms with Crippen molar-refractivity contribution in [3.63, 3.8) is 0 Å². The highest BCUT2D eigenvalue weighted by Gasteiger charge is 2.26. The predicted octanol–water partition coefficient (Wildman–Crippen LogP) is 4.44. The minimum atomic E-state index is -0.154. The van der Waals surface area contributed by atoms with Crippen LogP contribution in [0.25, 0.3) is 0 Å². The van der Waals surface area contributed by atoms with E-state index in [1.807, 2.05) is 48.6 Å². The normalized spacial score (nSPS) is 16.4. The minimum absolute atomic E-state index is 0.152. The molecule has 1 amide bonds. The Labute approximate surface area is 181 Å². The zero-order valence-electron chi connectivity index (χ0n) is 16.4. The maximum Gasteiger partial charge on any atom is 0.227 e. The molecule has 1 saturated heterocycles. The molecule has 0 N–H and O–H groups in total. The number of aromatic nitrogens is 2. The third kappa shape index (κ3) is 4.65. The molecular weight excluding hydrogens is 419 g/mol. The van der Waals surface area contributed by atoms with Gasteiger partial charge in [-0.15, -0.1) is 0 Å². The van der Waals surface area contributed by atoms with Gasteiger partial charge in [-0.2, -0.15) is 5.10 Å². The van der Waals surface area contributed by atoms with E-state index < -0.39 is 0 Å². The summed E-state index contributed by atoms with van der Waals surface area (Å²) in [5.74, 6) is -0.00210. The Balaban J connectivity index is 1.55. The maximum atomic E-state index is 12.9. The van der Waals surface area contributed by atoms with Crippen molar-refractivity contribution in [1.82, 2.24) is 19.6 Å². The number of hydrogen-bond donors (Lipinski definition) is 0. The van der Waals surface area contributed by atoms with E-state index in [2.05, 4.69) is 10.00 Å². The van der Waals surface area contributed by atoms with Gasteiger partial charge in [0, 0.05) is 48.3 Å². The topological polar surface area (TPSA) is 41.4 Å². The van der Waals surface area contributed by atoms with Crippen LogP contribution in [0.15, 0.2) is 18.2 Å². The van der Waals surface area contributed by atoms with E-state index in [9.17, 15) is 4.79 Å². The zero-order chi connectivity index (χ0) is 20.4. The number of rotatable bonds is 5. The molecule has 2 heterocycles. The Hall–Kier alpha value is -1.27. The van der Waals surface area contributed by atoms with Crippen LogP contribution in [0.5, 0.6) is 0 Å². The number of aryl methyl sites for hydroxylation is 1. The van der Waals surface area contributed by atoms with Crippen LogP contribution < -0.4 is 0 Å². The van der Waals surface area contributed by atoms with Crippen LogP contribution in [-0.4, -0.2) is 51.7 Å². The van der Waals surface area contributed by atoms with Crippen LogP contribution in [0.2, 0.25) is 15.1 Å². The predicted molar refractivity (Wildman–Crippen MR) is 114 cm³/mol. The number of piperazine rings is 1. The highest BCUT2D eigenvalue weighted by molar-refractivity contribution is 6.36. The number of benzene rings is 1. The van der Waals surface area contributed by atoms with Gasteiger partial charge in [0.15, 0.2) is 0 Å². The molecule has 2 aromatic rings. The van der Waals surface area contributed by atoms with E-state index in [0.717, 1.165) is 30.0 Å². The lowest BCUT2D eigenvalue weighted by atomic mass is 10.1. The number of amides is 1. The number of carbonyl (C=O) groups is 1. The van der Waals surface area contributed by atoms with Crippen LogP contribution in [0, 0.1) is 19.8 Å². The monoisotopic (exact) mass is 442 g/mol. The van der Waals surface area contributed by atoms with Crippen molar-refractivity contribution in [3.8, 4) is 0 Å². The first kappa shape index (κ1) is 21.4. The van der Waals surface area contributed by atoms with E-state index in [-0.39, 0.29) is 11.8 Å². The van der Waals surface area contributed by atoms with Crippen molar-refractivity contribution in [2.24, 2.45) is 5.92 Å². The van der Waals surface area contributed by atoms with Crippen LogP contribution in [-0.2, 0) is 17.9 Å². The Kier molecular flexibility index (Phi) is 6.92. The molecule has 0 aliphatic carbocycles. The van der Waals surface area contributed by atoms with Gasteiger partial charge >= 0.3 is 0 Å². The van der Waals surface area contributed by atoms with E-state index in [4.69, 9.17) is 34.8 Å². The van der Waals surface area contributed by atoms with E-state index in [1.165, 1.54) is 0 Å². The lowest BCUT2D eigenvalue weighted by Gasteiger charge is -2.36.